The third-order valence-corrected chi connectivity index (χ3v) is 2.72. The predicted molar refractivity (Wildman–Crippen MR) is 63.9 cm³/mol. The van der Waals surface area contributed by atoms with Gasteiger partial charge in [0.2, 0.25) is 5.91 Å². The number of urea groups is 1. The molecule has 0 radical (unpaired) electrons. The SMILES string of the molecule is CNC(=O)CN(C)C(=O)NC1C=CC(C(=O)O)C1. The van der Waals surface area contributed by atoms with Crippen molar-refractivity contribution in [1.29, 1.82) is 0 Å². The summed E-state index contributed by atoms with van der Waals surface area (Å²) < 4.78 is 0. The molecule has 3 amide bonds. The van der Waals surface area contributed by atoms with E-state index in [0.717, 1.165) is 0 Å². The van der Waals surface area contributed by atoms with E-state index in [-0.39, 0.29) is 18.5 Å². The Morgan fingerprint density at radius 1 is 1.39 bits per heavy atom. The van der Waals surface area contributed by atoms with E-state index < -0.39 is 17.9 Å². The van der Waals surface area contributed by atoms with Gasteiger partial charge >= 0.3 is 12.0 Å². The molecule has 0 aliphatic heterocycles. The van der Waals surface area contributed by atoms with Crippen LogP contribution in [0.15, 0.2) is 12.2 Å². The molecule has 0 fully saturated rings. The Bertz CT molecular complexity index is 380. The lowest BCUT2D eigenvalue weighted by Crippen LogP contribution is -2.45. The molecule has 0 heterocycles. The van der Waals surface area contributed by atoms with E-state index in [1.165, 1.54) is 19.0 Å². The maximum Gasteiger partial charge on any atom is 0.318 e. The topological polar surface area (TPSA) is 98.7 Å². The minimum absolute atomic E-state index is 0.0405. The first-order valence-corrected chi connectivity index (χ1v) is 5.57. The van der Waals surface area contributed by atoms with Crippen molar-refractivity contribution in [3.63, 3.8) is 0 Å². The van der Waals surface area contributed by atoms with Gasteiger partial charge in [-0.3, -0.25) is 9.59 Å². The second kappa shape index (κ2) is 6.04. The van der Waals surface area contributed by atoms with Crippen molar-refractivity contribution >= 4 is 17.9 Å². The van der Waals surface area contributed by atoms with Gasteiger partial charge in [-0.15, -0.1) is 0 Å². The van der Waals surface area contributed by atoms with Crippen molar-refractivity contribution in [3.05, 3.63) is 12.2 Å². The van der Waals surface area contributed by atoms with Crippen LogP contribution < -0.4 is 10.6 Å². The Balaban J connectivity index is 2.40. The van der Waals surface area contributed by atoms with Crippen molar-refractivity contribution in [2.24, 2.45) is 5.92 Å². The highest BCUT2D eigenvalue weighted by Crippen LogP contribution is 2.17. The molecule has 0 bridgehead atoms. The van der Waals surface area contributed by atoms with Crippen LogP contribution in [0.4, 0.5) is 4.79 Å². The number of aliphatic carboxylic acids is 1. The number of hydrogen-bond acceptors (Lipinski definition) is 3. The van der Waals surface area contributed by atoms with Crippen LogP contribution in [0.1, 0.15) is 6.42 Å². The van der Waals surface area contributed by atoms with Gasteiger partial charge in [0, 0.05) is 14.1 Å². The van der Waals surface area contributed by atoms with E-state index >= 15 is 0 Å². The van der Waals surface area contributed by atoms with E-state index in [2.05, 4.69) is 10.6 Å². The molecule has 0 aromatic heterocycles. The first-order chi connectivity index (χ1) is 8.43. The van der Waals surface area contributed by atoms with Gasteiger partial charge in [0.15, 0.2) is 0 Å². The number of carboxylic acid groups (broad SMARTS) is 1. The number of carbonyl (C=O) groups is 3. The Labute approximate surface area is 105 Å². The predicted octanol–water partition coefficient (Wildman–Crippen LogP) is -0.597. The number of hydrogen-bond donors (Lipinski definition) is 3. The van der Waals surface area contributed by atoms with Gasteiger partial charge in [-0.2, -0.15) is 0 Å². The molecule has 1 aliphatic rings. The molecule has 0 saturated heterocycles. The highest BCUT2D eigenvalue weighted by Gasteiger charge is 2.26. The number of carboxylic acids is 1. The van der Waals surface area contributed by atoms with Crippen LogP contribution in [0.2, 0.25) is 0 Å². The fourth-order valence-electron chi connectivity index (χ4n) is 1.62. The molecule has 1 aliphatic carbocycles. The Morgan fingerprint density at radius 2 is 2.06 bits per heavy atom. The second-order valence-corrected chi connectivity index (χ2v) is 4.15. The van der Waals surface area contributed by atoms with Crippen molar-refractivity contribution in [3.8, 4) is 0 Å². The number of amides is 3. The smallest absolute Gasteiger partial charge is 0.318 e. The van der Waals surface area contributed by atoms with Crippen LogP contribution in [0.5, 0.6) is 0 Å². The summed E-state index contributed by atoms with van der Waals surface area (Å²) >= 11 is 0. The van der Waals surface area contributed by atoms with Crippen LogP contribution >= 0.6 is 0 Å². The minimum atomic E-state index is -0.901. The highest BCUT2D eigenvalue weighted by atomic mass is 16.4. The van der Waals surface area contributed by atoms with Crippen molar-refractivity contribution < 1.29 is 19.5 Å². The summed E-state index contributed by atoms with van der Waals surface area (Å²) in [6.45, 7) is -0.0405. The summed E-state index contributed by atoms with van der Waals surface area (Å²) in [6.07, 6.45) is 3.56. The van der Waals surface area contributed by atoms with Crippen molar-refractivity contribution in [2.45, 2.75) is 12.5 Å². The fourth-order valence-corrected chi connectivity index (χ4v) is 1.62. The summed E-state index contributed by atoms with van der Waals surface area (Å²) in [7, 11) is 2.99. The van der Waals surface area contributed by atoms with Gasteiger partial charge in [0.05, 0.1) is 12.0 Å². The second-order valence-electron chi connectivity index (χ2n) is 4.15. The Morgan fingerprint density at radius 3 is 2.56 bits per heavy atom. The third kappa shape index (κ3) is 3.76. The number of carbonyl (C=O) groups excluding carboxylic acids is 2. The number of rotatable bonds is 4. The molecule has 0 aromatic carbocycles. The summed E-state index contributed by atoms with van der Waals surface area (Å²) in [6, 6.07) is -0.704. The highest BCUT2D eigenvalue weighted by molar-refractivity contribution is 5.84. The van der Waals surface area contributed by atoms with Gasteiger partial charge in [-0.25, -0.2) is 4.79 Å². The quantitative estimate of drug-likeness (QED) is 0.584. The summed E-state index contributed by atoms with van der Waals surface area (Å²) in [5.41, 5.74) is 0. The zero-order valence-corrected chi connectivity index (χ0v) is 10.3. The van der Waals surface area contributed by atoms with Crippen LogP contribution in [0.25, 0.3) is 0 Å². The molecule has 0 saturated carbocycles. The van der Waals surface area contributed by atoms with Gasteiger partial charge < -0.3 is 20.6 Å². The van der Waals surface area contributed by atoms with E-state index in [4.69, 9.17) is 5.11 Å². The van der Waals surface area contributed by atoms with Crippen LogP contribution in [0.3, 0.4) is 0 Å². The largest absolute Gasteiger partial charge is 0.481 e. The van der Waals surface area contributed by atoms with Gasteiger partial charge in [0.25, 0.3) is 0 Å². The monoisotopic (exact) mass is 255 g/mol. The van der Waals surface area contributed by atoms with E-state index in [9.17, 15) is 14.4 Å². The fraction of sp³-hybridized carbons (Fsp3) is 0.545. The molecular weight excluding hydrogens is 238 g/mol. The molecule has 2 unspecified atom stereocenters. The number of likely N-dealkylation sites (N-methyl/N-ethyl adjacent to an activating group) is 2. The first kappa shape index (κ1) is 14.0. The first-order valence-electron chi connectivity index (χ1n) is 5.57. The van der Waals surface area contributed by atoms with E-state index in [1.54, 1.807) is 12.2 Å². The molecule has 0 aromatic rings. The Hall–Kier alpha value is -2.05. The molecule has 2 atom stereocenters. The standard InChI is InChI=1S/C11H17N3O4/c1-12-9(15)6-14(2)11(18)13-8-4-3-7(5-8)10(16)17/h3-4,7-8H,5-6H2,1-2H3,(H,12,15)(H,13,18)(H,16,17). The zero-order valence-electron chi connectivity index (χ0n) is 10.3. The van der Waals surface area contributed by atoms with Gasteiger partial charge in [0.1, 0.15) is 6.54 Å². The van der Waals surface area contributed by atoms with E-state index in [0.29, 0.717) is 6.42 Å². The lowest BCUT2D eigenvalue weighted by molar-refractivity contribution is -0.140. The van der Waals surface area contributed by atoms with Crippen molar-refractivity contribution in [1.82, 2.24) is 15.5 Å². The minimum Gasteiger partial charge on any atom is -0.481 e. The summed E-state index contributed by atoms with van der Waals surface area (Å²) in [5, 5.41) is 13.9. The Kier molecular flexibility index (Phi) is 4.70. The maximum atomic E-state index is 11.7. The van der Waals surface area contributed by atoms with E-state index in [1.807, 2.05) is 0 Å². The van der Waals surface area contributed by atoms with Crippen LogP contribution in [0, 0.1) is 5.92 Å². The van der Waals surface area contributed by atoms with Gasteiger partial charge in [-0.05, 0) is 6.42 Å². The molecule has 1 rings (SSSR count). The lowest BCUT2D eigenvalue weighted by atomic mass is 10.1. The molecule has 18 heavy (non-hydrogen) atoms. The molecule has 3 N–H and O–H groups in total. The number of nitrogens with zero attached hydrogens (tertiary/aromatic N) is 1. The molecule has 7 heteroatoms. The zero-order chi connectivity index (χ0) is 13.7. The average molecular weight is 255 g/mol. The van der Waals surface area contributed by atoms with Crippen molar-refractivity contribution in [2.75, 3.05) is 20.6 Å². The third-order valence-electron chi connectivity index (χ3n) is 2.72. The normalized spacial score (nSPS) is 21.4. The average Bonchev–Trinajstić information content (AvgIpc) is 2.77. The molecule has 100 valence electrons. The van der Waals surface area contributed by atoms with Crippen LogP contribution in [-0.2, 0) is 9.59 Å². The lowest BCUT2D eigenvalue weighted by Gasteiger charge is -2.19. The van der Waals surface area contributed by atoms with Gasteiger partial charge in [-0.1, -0.05) is 12.2 Å². The summed E-state index contributed by atoms with van der Waals surface area (Å²) in [5.74, 6) is -1.72. The number of nitrogens with one attached hydrogen (secondary N) is 2. The maximum absolute atomic E-state index is 11.7. The molecule has 0 spiro atoms. The summed E-state index contributed by atoms with van der Waals surface area (Å²) in [4.78, 5) is 34.7. The van der Waals surface area contributed by atoms with Crippen LogP contribution in [-0.4, -0.2) is 54.6 Å². The molecule has 7 nitrogen and oxygen atoms in total. The molecular formula is C11H17N3O4.